The first-order valence-electron chi connectivity index (χ1n) is 3.47. The van der Waals surface area contributed by atoms with Gasteiger partial charge >= 0.3 is 5.97 Å². The molecule has 1 fully saturated rings. The fourth-order valence-electron chi connectivity index (χ4n) is 0.760. The van der Waals surface area contributed by atoms with Crippen LogP contribution in [-0.4, -0.2) is 11.9 Å². The van der Waals surface area contributed by atoms with E-state index in [0.29, 0.717) is 0 Å². The highest BCUT2D eigenvalue weighted by Gasteiger charge is 2.27. The Kier molecular flexibility index (Phi) is 2.25. The van der Waals surface area contributed by atoms with Crippen LogP contribution in [0.4, 0.5) is 0 Å². The summed E-state index contributed by atoms with van der Waals surface area (Å²) >= 11 is 0. The van der Waals surface area contributed by atoms with Crippen LogP contribution in [0.1, 0.15) is 19.8 Å². The Bertz CT molecular complexity index is 202. The van der Waals surface area contributed by atoms with Crippen LogP contribution >= 0.6 is 0 Å². The molecule has 1 N–H and O–H groups in total. The molecule has 1 saturated heterocycles. The molecule has 0 aliphatic carbocycles. The van der Waals surface area contributed by atoms with Crippen molar-refractivity contribution in [2.24, 2.45) is 0 Å². The molecule has 0 aromatic carbocycles. The number of hydrogen-bond donors (Lipinski definition) is 1. The lowest BCUT2D eigenvalue weighted by molar-refractivity contribution is -0.143. The van der Waals surface area contributed by atoms with Gasteiger partial charge < -0.3 is 4.84 Å². The molecule has 1 aliphatic heterocycles. The average molecular weight is 155 g/mol. The monoisotopic (exact) mass is 155 g/mol. The zero-order chi connectivity index (χ0) is 8.27. The van der Waals surface area contributed by atoms with E-state index in [4.69, 9.17) is 0 Å². The summed E-state index contributed by atoms with van der Waals surface area (Å²) in [7, 11) is 0. The van der Waals surface area contributed by atoms with Crippen molar-refractivity contribution < 1.29 is 14.4 Å². The van der Waals surface area contributed by atoms with Crippen LogP contribution in [0.25, 0.3) is 0 Å². The van der Waals surface area contributed by atoms with Crippen molar-refractivity contribution in [2.45, 2.75) is 19.8 Å². The van der Waals surface area contributed by atoms with Gasteiger partial charge in [0.05, 0.1) is 0 Å². The molecule has 1 rings (SSSR count). The van der Waals surface area contributed by atoms with E-state index in [0.717, 1.165) is 12.8 Å². The van der Waals surface area contributed by atoms with E-state index in [-0.39, 0.29) is 5.57 Å². The predicted molar refractivity (Wildman–Crippen MR) is 37.2 cm³/mol. The fourth-order valence-corrected chi connectivity index (χ4v) is 0.760. The first kappa shape index (κ1) is 7.78. The molecule has 1 heterocycles. The topological polar surface area (TPSA) is 55.4 Å². The van der Waals surface area contributed by atoms with Gasteiger partial charge in [0.25, 0.3) is 5.91 Å². The van der Waals surface area contributed by atoms with Crippen molar-refractivity contribution in [3.63, 3.8) is 0 Å². The standard InChI is InChI=1S/C7H9NO3/c1-2-3-4-5-6(9)8-11-7(5)10/h4H,2-3H2,1H3,(H,8,9). The molecule has 4 nitrogen and oxygen atoms in total. The maximum Gasteiger partial charge on any atom is 0.368 e. The maximum absolute atomic E-state index is 10.8. The first-order chi connectivity index (χ1) is 5.25. The van der Waals surface area contributed by atoms with Gasteiger partial charge in [0.1, 0.15) is 5.57 Å². The summed E-state index contributed by atoms with van der Waals surface area (Å²) in [5.74, 6) is -1.02. The molecular formula is C7H9NO3. The summed E-state index contributed by atoms with van der Waals surface area (Å²) in [5.41, 5.74) is 2.09. The number of carbonyl (C=O) groups is 2. The molecule has 1 amide bonds. The van der Waals surface area contributed by atoms with E-state index in [1.165, 1.54) is 0 Å². The molecule has 60 valence electrons. The lowest BCUT2D eigenvalue weighted by Gasteiger charge is -1.85. The molecule has 11 heavy (non-hydrogen) atoms. The van der Waals surface area contributed by atoms with Crippen LogP contribution in [0, 0.1) is 0 Å². The van der Waals surface area contributed by atoms with Gasteiger partial charge in [-0.15, -0.1) is 0 Å². The number of rotatable bonds is 2. The van der Waals surface area contributed by atoms with E-state index in [9.17, 15) is 9.59 Å². The molecule has 0 unspecified atom stereocenters. The Balaban J connectivity index is 2.68. The highest BCUT2D eigenvalue weighted by molar-refractivity contribution is 6.19. The number of amides is 1. The van der Waals surface area contributed by atoms with Gasteiger partial charge in [-0.2, -0.15) is 5.48 Å². The number of allylic oxidation sites excluding steroid dienone is 1. The zero-order valence-corrected chi connectivity index (χ0v) is 6.22. The van der Waals surface area contributed by atoms with E-state index in [1.54, 1.807) is 6.08 Å². The van der Waals surface area contributed by atoms with Crippen LogP contribution < -0.4 is 5.48 Å². The van der Waals surface area contributed by atoms with Crippen LogP contribution in [0.5, 0.6) is 0 Å². The first-order valence-corrected chi connectivity index (χ1v) is 3.47. The quantitative estimate of drug-likeness (QED) is 0.461. The SMILES string of the molecule is CCCC=C1C(=O)NOC1=O. The van der Waals surface area contributed by atoms with Crippen molar-refractivity contribution in [3.05, 3.63) is 11.6 Å². The largest absolute Gasteiger partial charge is 0.368 e. The van der Waals surface area contributed by atoms with E-state index >= 15 is 0 Å². The van der Waals surface area contributed by atoms with Crippen molar-refractivity contribution in [2.75, 3.05) is 0 Å². The fraction of sp³-hybridized carbons (Fsp3) is 0.429. The summed E-state index contributed by atoms with van der Waals surface area (Å²) in [6, 6.07) is 0. The molecule has 0 spiro atoms. The van der Waals surface area contributed by atoms with E-state index < -0.39 is 11.9 Å². The van der Waals surface area contributed by atoms with Crippen molar-refractivity contribution in [1.29, 1.82) is 0 Å². The second kappa shape index (κ2) is 3.18. The summed E-state index contributed by atoms with van der Waals surface area (Å²) < 4.78 is 0. The summed E-state index contributed by atoms with van der Waals surface area (Å²) in [6.07, 6.45) is 3.21. The molecule has 0 radical (unpaired) electrons. The Morgan fingerprint density at radius 1 is 1.55 bits per heavy atom. The molecule has 0 aromatic rings. The van der Waals surface area contributed by atoms with Crippen molar-refractivity contribution in [3.8, 4) is 0 Å². The molecule has 0 saturated carbocycles. The Morgan fingerprint density at radius 3 is 2.73 bits per heavy atom. The summed E-state index contributed by atoms with van der Waals surface area (Å²) in [6.45, 7) is 1.97. The van der Waals surface area contributed by atoms with Gasteiger partial charge in [-0.25, -0.2) is 4.79 Å². The number of hydrogen-bond acceptors (Lipinski definition) is 3. The van der Waals surface area contributed by atoms with Gasteiger partial charge in [0.2, 0.25) is 0 Å². The van der Waals surface area contributed by atoms with Gasteiger partial charge in [-0.1, -0.05) is 19.4 Å². The highest BCUT2D eigenvalue weighted by atomic mass is 16.7. The maximum atomic E-state index is 10.8. The highest BCUT2D eigenvalue weighted by Crippen LogP contribution is 2.06. The van der Waals surface area contributed by atoms with Gasteiger partial charge in [0, 0.05) is 0 Å². The second-order valence-corrected chi connectivity index (χ2v) is 2.23. The molecule has 1 aliphatic rings. The van der Waals surface area contributed by atoms with Crippen LogP contribution in [0.2, 0.25) is 0 Å². The molecule has 0 aromatic heterocycles. The third-order valence-electron chi connectivity index (χ3n) is 1.34. The third kappa shape index (κ3) is 1.58. The molecule has 0 atom stereocenters. The predicted octanol–water partition coefficient (Wildman–Crippen LogP) is 0.301. The van der Waals surface area contributed by atoms with E-state index in [2.05, 4.69) is 4.84 Å². The van der Waals surface area contributed by atoms with Gasteiger partial charge in [-0.3, -0.25) is 4.79 Å². The van der Waals surface area contributed by atoms with Gasteiger partial charge in [-0.05, 0) is 6.42 Å². The number of hydroxylamine groups is 1. The lowest BCUT2D eigenvalue weighted by atomic mass is 10.2. The number of nitrogens with one attached hydrogen (secondary N) is 1. The average Bonchev–Trinajstić information content (AvgIpc) is 2.29. The smallest absolute Gasteiger partial charge is 0.335 e. The molecule has 0 bridgehead atoms. The van der Waals surface area contributed by atoms with Crippen molar-refractivity contribution in [1.82, 2.24) is 5.48 Å². The Hall–Kier alpha value is -1.32. The van der Waals surface area contributed by atoms with Crippen molar-refractivity contribution >= 4 is 11.9 Å². The molecule has 4 heteroatoms. The summed E-state index contributed by atoms with van der Waals surface area (Å²) in [4.78, 5) is 25.8. The molecular weight excluding hydrogens is 146 g/mol. The van der Waals surface area contributed by atoms with Crippen LogP contribution in [-0.2, 0) is 14.4 Å². The number of unbranched alkanes of at least 4 members (excludes halogenated alkanes) is 1. The minimum atomic E-state index is -0.580. The third-order valence-corrected chi connectivity index (χ3v) is 1.34. The minimum Gasteiger partial charge on any atom is -0.335 e. The van der Waals surface area contributed by atoms with Gasteiger partial charge in [0.15, 0.2) is 0 Å². The summed E-state index contributed by atoms with van der Waals surface area (Å²) in [5, 5.41) is 0. The van der Waals surface area contributed by atoms with E-state index in [1.807, 2.05) is 12.4 Å². The van der Waals surface area contributed by atoms with Crippen LogP contribution in [0.15, 0.2) is 11.6 Å². The normalized spacial score (nSPS) is 20.3. The minimum absolute atomic E-state index is 0.117. The zero-order valence-electron chi connectivity index (χ0n) is 6.22. The Morgan fingerprint density at radius 2 is 2.27 bits per heavy atom. The van der Waals surface area contributed by atoms with Crippen LogP contribution in [0.3, 0.4) is 0 Å². The second-order valence-electron chi connectivity index (χ2n) is 2.23. The lowest BCUT2D eigenvalue weighted by Crippen LogP contribution is -2.12. The Labute approximate surface area is 64.2 Å². The number of carbonyl (C=O) groups excluding carboxylic acids is 2.